The van der Waals surface area contributed by atoms with Crippen molar-refractivity contribution in [3.63, 3.8) is 0 Å². The minimum absolute atomic E-state index is 0.270. The third-order valence-electron chi connectivity index (χ3n) is 5.38. The van der Waals surface area contributed by atoms with Gasteiger partial charge in [-0.25, -0.2) is 0 Å². The van der Waals surface area contributed by atoms with Gasteiger partial charge in [-0.1, -0.05) is 38.8 Å². The summed E-state index contributed by atoms with van der Waals surface area (Å²) in [5.74, 6) is 0.882. The smallest absolute Gasteiger partial charge is 0.490 e. The normalized spacial score (nSPS) is 19.7. The third-order valence-corrected chi connectivity index (χ3v) is 5.38. The molecular formula is C21H33BO3. The van der Waals surface area contributed by atoms with E-state index in [1.54, 1.807) is 7.11 Å². The van der Waals surface area contributed by atoms with Crippen LogP contribution in [-0.4, -0.2) is 25.4 Å². The third kappa shape index (κ3) is 4.29. The van der Waals surface area contributed by atoms with E-state index in [-0.39, 0.29) is 18.3 Å². The van der Waals surface area contributed by atoms with Gasteiger partial charge in [-0.05, 0) is 69.3 Å². The van der Waals surface area contributed by atoms with Crippen molar-refractivity contribution in [1.82, 2.24) is 0 Å². The van der Waals surface area contributed by atoms with Crippen molar-refractivity contribution >= 4 is 12.7 Å². The summed E-state index contributed by atoms with van der Waals surface area (Å²) in [6.45, 7) is 12.9. The number of hydrogen-bond acceptors (Lipinski definition) is 3. The highest BCUT2D eigenvalue weighted by atomic mass is 16.7. The quantitative estimate of drug-likeness (QED) is 0.596. The zero-order valence-corrected chi connectivity index (χ0v) is 16.9. The molecule has 0 aromatic heterocycles. The van der Waals surface area contributed by atoms with E-state index in [9.17, 15) is 0 Å². The highest BCUT2D eigenvalue weighted by Crippen LogP contribution is 2.41. The molecule has 138 valence electrons. The molecular weight excluding hydrogens is 311 g/mol. The molecule has 1 aliphatic heterocycles. The first-order valence-electron chi connectivity index (χ1n) is 9.47. The van der Waals surface area contributed by atoms with Crippen LogP contribution in [0.3, 0.4) is 0 Å². The molecule has 1 fully saturated rings. The minimum Gasteiger partial charge on any atom is -0.497 e. The lowest BCUT2D eigenvalue weighted by Gasteiger charge is -2.32. The maximum Gasteiger partial charge on any atom is 0.490 e. The highest BCUT2D eigenvalue weighted by Gasteiger charge is 2.52. The Kier molecular flexibility index (Phi) is 6.39. The summed E-state index contributed by atoms with van der Waals surface area (Å²) in [5.41, 5.74) is 3.25. The first-order valence-corrected chi connectivity index (χ1v) is 9.47. The number of allylic oxidation sites excluding steroid dienone is 2. The fourth-order valence-corrected chi connectivity index (χ4v) is 3.20. The van der Waals surface area contributed by atoms with Crippen LogP contribution in [0.5, 0.6) is 5.75 Å². The van der Waals surface area contributed by atoms with E-state index in [4.69, 9.17) is 14.0 Å². The van der Waals surface area contributed by atoms with Gasteiger partial charge in [-0.15, -0.1) is 0 Å². The van der Waals surface area contributed by atoms with Crippen LogP contribution in [-0.2, 0) is 9.31 Å². The van der Waals surface area contributed by atoms with Gasteiger partial charge in [-0.3, -0.25) is 0 Å². The Labute approximate surface area is 153 Å². The number of rotatable bonds is 7. The van der Waals surface area contributed by atoms with Crippen molar-refractivity contribution in [2.45, 2.75) is 78.4 Å². The van der Waals surface area contributed by atoms with Gasteiger partial charge >= 0.3 is 7.12 Å². The summed E-state index contributed by atoms with van der Waals surface area (Å²) in [5, 5.41) is 0. The van der Waals surface area contributed by atoms with Crippen molar-refractivity contribution < 1.29 is 14.0 Å². The van der Waals surface area contributed by atoms with Gasteiger partial charge in [0.15, 0.2) is 0 Å². The lowest BCUT2D eigenvalue weighted by atomic mass is 9.70. The Morgan fingerprint density at radius 2 is 1.44 bits per heavy atom. The van der Waals surface area contributed by atoms with Gasteiger partial charge in [0.1, 0.15) is 5.75 Å². The maximum atomic E-state index is 6.37. The van der Waals surface area contributed by atoms with Crippen LogP contribution in [0, 0.1) is 0 Å². The lowest BCUT2D eigenvalue weighted by Crippen LogP contribution is -2.41. The Hall–Kier alpha value is -1.26. The summed E-state index contributed by atoms with van der Waals surface area (Å²) in [6, 6.07) is 8.34. The zero-order chi connectivity index (χ0) is 18.7. The van der Waals surface area contributed by atoms with Crippen LogP contribution < -0.4 is 4.74 Å². The Bertz CT molecular complexity index is 586. The predicted molar refractivity (Wildman–Crippen MR) is 106 cm³/mol. The molecule has 1 aromatic rings. The lowest BCUT2D eigenvalue weighted by molar-refractivity contribution is 0.00578. The van der Waals surface area contributed by atoms with Crippen LogP contribution in [0.25, 0.3) is 5.57 Å². The molecule has 1 aliphatic rings. The van der Waals surface area contributed by atoms with E-state index in [0.717, 1.165) is 31.4 Å². The van der Waals surface area contributed by atoms with Gasteiger partial charge in [0.2, 0.25) is 0 Å². The molecule has 0 bridgehead atoms. The summed E-state index contributed by atoms with van der Waals surface area (Å²) in [4.78, 5) is 0. The topological polar surface area (TPSA) is 27.7 Å². The molecule has 0 aliphatic carbocycles. The number of benzene rings is 1. The van der Waals surface area contributed by atoms with E-state index < -0.39 is 0 Å². The monoisotopic (exact) mass is 344 g/mol. The highest BCUT2D eigenvalue weighted by molar-refractivity contribution is 6.56. The Morgan fingerprint density at radius 1 is 0.920 bits per heavy atom. The molecule has 1 heterocycles. The number of hydrogen-bond donors (Lipinski definition) is 0. The molecule has 0 spiro atoms. The number of ether oxygens (including phenoxy) is 1. The van der Waals surface area contributed by atoms with Gasteiger partial charge < -0.3 is 14.0 Å². The van der Waals surface area contributed by atoms with Crippen molar-refractivity contribution in [2.24, 2.45) is 0 Å². The molecule has 1 saturated heterocycles. The maximum absolute atomic E-state index is 6.37. The van der Waals surface area contributed by atoms with E-state index >= 15 is 0 Å². The summed E-state index contributed by atoms with van der Waals surface area (Å²) >= 11 is 0. The molecule has 25 heavy (non-hydrogen) atoms. The molecule has 3 nitrogen and oxygen atoms in total. The second kappa shape index (κ2) is 7.97. The van der Waals surface area contributed by atoms with E-state index in [1.807, 2.05) is 12.1 Å². The Morgan fingerprint density at radius 3 is 1.88 bits per heavy atom. The van der Waals surface area contributed by atoms with Crippen LogP contribution in [0.4, 0.5) is 0 Å². The summed E-state index contributed by atoms with van der Waals surface area (Å²) < 4.78 is 18.0. The first kappa shape index (κ1) is 20.1. The van der Waals surface area contributed by atoms with E-state index in [1.165, 1.54) is 16.6 Å². The molecule has 0 radical (unpaired) electrons. The molecule has 0 atom stereocenters. The van der Waals surface area contributed by atoms with Gasteiger partial charge in [0.05, 0.1) is 18.3 Å². The molecule has 4 heteroatoms. The van der Waals surface area contributed by atoms with Crippen LogP contribution >= 0.6 is 0 Å². The molecule has 0 amide bonds. The van der Waals surface area contributed by atoms with Crippen molar-refractivity contribution in [1.29, 1.82) is 0 Å². The van der Waals surface area contributed by atoms with Crippen LogP contribution in [0.2, 0.25) is 0 Å². The van der Waals surface area contributed by atoms with Crippen molar-refractivity contribution in [3.05, 3.63) is 35.3 Å². The molecule has 0 unspecified atom stereocenters. The van der Waals surface area contributed by atoms with Crippen LogP contribution in [0.1, 0.15) is 72.8 Å². The number of methoxy groups -OCH3 is 1. The fraction of sp³-hybridized carbons (Fsp3) is 0.619. The zero-order valence-electron chi connectivity index (χ0n) is 16.9. The minimum atomic E-state index is -0.312. The van der Waals surface area contributed by atoms with Crippen molar-refractivity contribution in [3.8, 4) is 5.75 Å². The van der Waals surface area contributed by atoms with Crippen molar-refractivity contribution in [2.75, 3.05) is 7.11 Å². The van der Waals surface area contributed by atoms with Gasteiger partial charge in [0, 0.05) is 0 Å². The molecule has 1 aromatic carbocycles. The van der Waals surface area contributed by atoms with E-state index in [0.29, 0.717) is 0 Å². The molecule has 0 saturated carbocycles. The van der Waals surface area contributed by atoms with Gasteiger partial charge in [-0.2, -0.15) is 0 Å². The summed E-state index contributed by atoms with van der Waals surface area (Å²) in [6.07, 6.45) is 4.17. The summed E-state index contributed by atoms with van der Waals surface area (Å²) in [7, 11) is 1.43. The second-order valence-electron chi connectivity index (χ2n) is 7.82. The molecule has 0 N–H and O–H groups in total. The van der Waals surface area contributed by atoms with Gasteiger partial charge in [0.25, 0.3) is 0 Å². The Balaban J connectivity index is 2.46. The average Bonchev–Trinajstić information content (AvgIpc) is 2.78. The van der Waals surface area contributed by atoms with Crippen LogP contribution in [0.15, 0.2) is 29.7 Å². The second-order valence-corrected chi connectivity index (χ2v) is 7.82. The molecule has 2 rings (SSSR count). The first-order chi connectivity index (χ1) is 11.8. The predicted octanol–water partition coefficient (Wildman–Crippen LogP) is 5.68. The largest absolute Gasteiger partial charge is 0.497 e. The van der Waals surface area contributed by atoms with E-state index in [2.05, 4.69) is 53.7 Å². The fourth-order valence-electron chi connectivity index (χ4n) is 3.20. The SMILES string of the molecule is CCC/C(B1OC(C)(C)C(C)(C)O1)=C(\CCC)c1ccc(OC)cc1. The average molecular weight is 344 g/mol. The standard InChI is InChI=1S/C21H33BO3/c1-8-10-18(16-12-14-17(23-7)15-13-16)19(11-9-2)22-24-20(3,4)21(5,6)25-22/h12-15H,8-11H2,1-7H3/b19-18-.